The van der Waals surface area contributed by atoms with Gasteiger partial charge in [-0.15, -0.1) is 0 Å². The zero-order valence-electron chi connectivity index (χ0n) is 10.4. The Kier molecular flexibility index (Phi) is 2.20. The smallest absolute Gasteiger partial charge is 0.305 e. The molecule has 3 aromatic heterocycles. The number of imidazole rings is 1. The summed E-state index contributed by atoms with van der Waals surface area (Å²) in [6.07, 6.45) is 5.22. The number of rotatable bonds is 1. The molecule has 0 fully saturated rings. The van der Waals surface area contributed by atoms with Crippen molar-refractivity contribution < 1.29 is 0 Å². The van der Waals surface area contributed by atoms with Gasteiger partial charge in [0, 0.05) is 23.3 Å². The van der Waals surface area contributed by atoms with Crippen LogP contribution in [0.1, 0.15) is 0 Å². The van der Waals surface area contributed by atoms with Crippen molar-refractivity contribution in [2.24, 2.45) is 0 Å². The summed E-state index contributed by atoms with van der Waals surface area (Å²) in [5.41, 5.74) is 4.20. The highest BCUT2D eigenvalue weighted by Gasteiger charge is 2.06. The molecular weight excluding hydrogens is 252 g/mol. The molecule has 0 bridgehead atoms. The van der Waals surface area contributed by atoms with E-state index in [-0.39, 0.29) is 5.69 Å². The van der Waals surface area contributed by atoms with E-state index in [4.69, 9.17) is 0 Å². The molecule has 2 N–H and O–H groups in total. The van der Waals surface area contributed by atoms with Gasteiger partial charge in [0.05, 0.1) is 22.7 Å². The van der Waals surface area contributed by atoms with Crippen LogP contribution in [0.4, 0.5) is 0 Å². The van der Waals surface area contributed by atoms with Crippen molar-refractivity contribution in [2.45, 2.75) is 0 Å². The van der Waals surface area contributed by atoms with Gasteiger partial charge in [-0.2, -0.15) is 0 Å². The molecule has 1 aromatic carbocycles. The molecule has 96 valence electrons. The van der Waals surface area contributed by atoms with E-state index in [1.165, 1.54) is 0 Å². The van der Waals surface area contributed by atoms with E-state index < -0.39 is 0 Å². The van der Waals surface area contributed by atoms with Crippen LogP contribution < -0.4 is 5.69 Å². The van der Waals surface area contributed by atoms with Crippen LogP contribution in [-0.4, -0.2) is 19.9 Å². The monoisotopic (exact) mass is 262 g/mol. The number of aromatic nitrogens is 4. The quantitative estimate of drug-likeness (QED) is 0.553. The van der Waals surface area contributed by atoms with E-state index in [9.17, 15) is 4.79 Å². The summed E-state index contributed by atoms with van der Waals surface area (Å²) in [7, 11) is 0. The topological polar surface area (TPSA) is 74.4 Å². The number of pyridine rings is 2. The lowest BCUT2D eigenvalue weighted by Gasteiger charge is -2.04. The Hall–Kier alpha value is -2.95. The molecule has 0 aliphatic heterocycles. The van der Waals surface area contributed by atoms with Gasteiger partial charge in [0.15, 0.2) is 0 Å². The second-order valence-electron chi connectivity index (χ2n) is 4.60. The number of hydrogen-bond donors (Lipinski definition) is 2. The zero-order chi connectivity index (χ0) is 13.5. The van der Waals surface area contributed by atoms with Crippen molar-refractivity contribution in [3.63, 3.8) is 0 Å². The average molecular weight is 262 g/mol. The van der Waals surface area contributed by atoms with E-state index in [1.807, 2.05) is 36.5 Å². The normalized spacial score (nSPS) is 11.2. The van der Waals surface area contributed by atoms with E-state index >= 15 is 0 Å². The van der Waals surface area contributed by atoms with Crippen molar-refractivity contribution in [3.05, 3.63) is 59.4 Å². The molecule has 5 nitrogen and oxygen atoms in total. The molecule has 0 atom stereocenters. The van der Waals surface area contributed by atoms with Crippen LogP contribution in [0.5, 0.6) is 0 Å². The number of hydrogen-bond acceptors (Lipinski definition) is 3. The fourth-order valence-corrected chi connectivity index (χ4v) is 2.40. The van der Waals surface area contributed by atoms with Gasteiger partial charge in [-0.05, 0) is 23.8 Å². The lowest BCUT2D eigenvalue weighted by molar-refractivity contribution is 1.21. The molecule has 0 spiro atoms. The van der Waals surface area contributed by atoms with Gasteiger partial charge in [0.2, 0.25) is 0 Å². The van der Waals surface area contributed by atoms with E-state index in [0.29, 0.717) is 5.52 Å². The van der Waals surface area contributed by atoms with Gasteiger partial charge in [-0.25, -0.2) is 4.79 Å². The third-order valence-corrected chi connectivity index (χ3v) is 3.35. The van der Waals surface area contributed by atoms with Gasteiger partial charge in [-0.1, -0.05) is 12.1 Å². The number of fused-ring (bicyclic) bond motifs is 3. The summed E-state index contributed by atoms with van der Waals surface area (Å²) in [6.45, 7) is 0. The second-order valence-corrected chi connectivity index (χ2v) is 4.60. The number of benzene rings is 1. The Balaban J connectivity index is 2.07. The van der Waals surface area contributed by atoms with Gasteiger partial charge < -0.3 is 9.97 Å². The van der Waals surface area contributed by atoms with Crippen molar-refractivity contribution in [2.75, 3.05) is 0 Å². The average Bonchev–Trinajstić information content (AvgIpc) is 2.88. The lowest BCUT2D eigenvalue weighted by Crippen LogP contribution is -1.99. The van der Waals surface area contributed by atoms with Crippen molar-refractivity contribution in [3.8, 4) is 11.1 Å². The number of aromatic amines is 2. The molecule has 0 radical (unpaired) electrons. The van der Waals surface area contributed by atoms with Gasteiger partial charge in [-0.3, -0.25) is 9.97 Å². The minimum absolute atomic E-state index is 0.221. The van der Waals surface area contributed by atoms with Crippen LogP contribution in [0, 0.1) is 0 Å². The molecule has 0 saturated carbocycles. The first-order valence-electron chi connectivity index (χ1n) is 6.22. The van der Waals surface area contributed by atoms with Crippen molar-refractivity contribution in [1.82, 2.24) is 19.9 Å². The highest BCUT2D eigenvalue weighted by molar-refractivity contribution is 6.03. The van der Waals surface area contributed by atoms with Crippen molar-refractivity contribution >= 4 is 21.9 Å². The first-order chi connectivity index (χ1) is 9.81. The van der Waals surface area contributed by atoms with Gasteiger partial charge >= 0.3 is 5.69 Å². The van der Waals surface area contributed by atoms with Gasteiger partial charge in [0.25, 0.3) is 0 Å². The molecule has 0 aliphatic carbocycles. The third kappa shape index (κ3) is 1.60. The second kappa shape index (κ2) is 4.03. The summed E-state index contributed by atoms with van der Waals surface area (Å²) in [5.74, 6) is 0. The molecule has 0 unspecified atom stereocenters. The van der Waals surface area contributed by atoms with E-state index in [2.05, 4.69) is 19.9 Å². The van der Waals surface area contributed by atoms with E-state index in [0.717, 1.165) is 27.5 Å². The molecule has 5 heteroatoms. The number of H-pyrrole nitrogens is 2. The maximum Gasteiger partial charge on any atom is 0.323 e. The highest BCUT2D eigenvalue weighted by Crippen LogP contribution is 2.26. The highest BCUT2D eigenvalue weighted by atomic mass is 16.1. The summed E-state index contributed by atoms with van der Waals surface area (Å²) in [5, 5.41) is 0.919. The van der Waals surface area contributed by atoms with Crippen LogP contribution in [0.15, 0.2) is 53.7 Å². The first kappa shape index (κ1) is 10.9. The third-order valence-electron chi connectivity index (χ3n) is 3.35. The maximum atomic E-state index is 11.4. The predicted octanol–water partition coefficient (Wildman–Crippen LogP) is 2.47. The van der Waals surface area contributed by atoms with E-state index in [1.54, 1.807) is 12.4 Å². The van der Waals surface area contributed by atoms with Crippen LogP contribution in [0.3, 0.4) is 0 Å². The van der Waals surface area contributed by atoms with Crippen LogP contribution in [0.2, 0.25) is 0 Å². The molecule has 3 heterocycles. The molecular formula is C15H10N4O. The fraction of sp³-hybridized carbons (Fsp3) is 0. The lowest BCUT2D eigenvalue weighted by atomic mass is 10.0. The molecule has 4 aromatic rings. The van der Waals surface area contributed by atoms with Gasteiger partial charge in [0.1, 0.15) is 0 Å². The summed E-state index contributed by atoms with van der Waals surface area (Å²) in [6, 6.07) is 9.87. The van der Waals surface area contributed by atoms with Crippen molar-refractivity contribution in [1.29, 1.82) is 0 Å². The van der Waals surface area contributed by atoms with Crippen LogP contribution >= 0.6 is 0 Å². The summed E-state index contributed by atoms with van der Waals surface area (Å²) < 4.78 is 0. The summed E-state index contributed by atoms with van der Waals surface area (Å²) >= 11 is 0. The largest absolute Gasteiger partial charge is 0.323 e. The Morgan fingerprint density at radius 1 is 1.00 bits per heavy atom. The maximum absolute atomic E-state index is 11.4. The van der Waals surface area contributed by atoms with Crippen LogP contribution in [0.25, 0.3) is 33.1 Å². The Bertz CT molecular complexity index is 969. The van der Waals surface area contributed by atoms with Crippen LogP contribution in [-0.2, 0) is 0 Å². The minimum atomic E-state index is -0.221. The first-order valence-corrected chi connectivity index (χ1v) is 6.22. The molecule has 0 saturated heterocycles. The molecule has 20 heavy (non-hydrogen) atoms. The Labute approximate surface area is 113 Å². The SMILES string of the molecule is O=c1[nH]c2cnc3ccc(-c4cccnc4)cc3c2[nH]1. The molecule has 0 amide bonds. The molecule has 0 aliphatic rings. The fourth-order valence-electron chi connectivity index (χ4n) is 2.40. The Morgan fingerprint density at radius 2 is 1.95 bits per heavy atom. The predicted molar refractivity (Wildman–Crippen MR) is 77.5 cm³/mol. The molecule has 4 rings (SSSR count). The number of nitrogens with one attached hydrogen (secondary N) is 2. The summed E-state index contributed by atoms with van der Waals surface area (Å²) in [4.78, 5) is 25.5. The minimum Gasteiger partial charge on any atom is -0.305 e. The zero-order valence-corrected chi connectivity index (χ0v) is 10.4. The number of nitrogens with zero attached hydrogens (tertiary/aromatic N) is 2. The standard InChI is InChI=1S/C15H10N4O/c20-15-18-13-8-17-12-4-3-9(6-11(12)14(13)19-15)10-2-1-5-16-7-10/h1-8H,(H2,18,19,20). The Morgan fingerprint density at radius 3 is 2.80 bits per heavy atom.